The average molecular weight is 435 g/mol. The predicted molar refractivity (Wildman–Crippen MR) is 126 cm³/mol. The van der Waals surface area contributed by atoms with Gasteiger partial charge in [-0.1, -0.05) is 48.5 Å². The number of hydrogen-bond donors (Lipinski definition) is 4. The number of aromatic amines is 1. The number of H-pyrrole nitrogens is 1. The number of ketones is 1. The van der Waals surface area contributed by atoms with Gasteiger partial charge in [0.1, 0.15) is 0 Å². The first-order chi connectivity index (χ1) is 15.5. The smallest absolute Gasteiger partial charge is 0.252 e. The number of aromatic nitrogens is 1. The molecule has 0 fully saturated rings. The molecule has 0 radical (unpaired) electrons. The maximum Gasteiger partial charge on any atom is 0.252 e. The van der Waals surface area contributed by atoms with Gasteiger partial charge in [-0.2, -0.15) is 0 Å². The normalized spacial score (nSPS) is 12.9. The van der Waals surface area contributed by atoms with Crippen LogP contribution in [0.1, 0.15) is 30.4 Å². The maximum absolute atomic E-state index is 13.2. The minimum Gasteiger partial charge on any atom is -0.345 e. The van der Waals surface area contributed by atoms with Crippen LogP contribution in [0.15, 0.2) is 65.5 Å². The van der Waals surface area contributed by atoms with Crippen molar-refractivity contribution in [2.75, 3.05) is 6.54 Å². The monoisotopic (exact) mass is 434 g/mol. The van der Waals surface area contributed by atoms with Crippen molar-refractivity contribution in [3.63, 3.8) is 0 Å². The highest BCUT2D eigenvalue weighted by atomic mass is 16.2. The summed E-state index contributed by atoms with van der Waals surface area (Å²) in [6.07, 6.45) is 2.04. The molecule has 6 N–H and O–H groups in total. The zero-order valence-corrected chi connectivity index (χ0v) is 18.1. The van der Waals surface area contributed by atoms with Crippen LogP contribution in [0.5, 0.6) is 0 Å². The summed E-state index contributed by atoms with van der Waals surface area (Å²) in [5.74, 6) is -0.599. The molecule has 0 aliphatic rings. The third-order valence-electron chi connectivity index (χ3n) is 5.52. The number of hydrogen-bond acceptors (Lipinski definition) is 5. The molecule has 7 heteroatoms. The van der Waals surface area contributed by atoms with Crippen LogP contribution in [0.25, 0.3) is 10.9 Å². The van der Waals surface area contributed by atoms with E-state index in [0.717, 1.165) is 10.9 Å². The van der Waals surface area contributed by atoms with Crippen LogP contribution >= 0.6 is 0 Å². The fourth-order valence-electron chi connectivity index (χ4n) is 3.65. The van der Waals surface area contributed by atoms with E-state index in [1.165, 1.54) is 0 Å². The Balaban J connectivity index is 1.76. The van der Waals surface area contributed by atoms with E-state index in [-0.39, 0.29) is 23.7 Å². The molecule has 2 aromatic carbocycles. The molecule has 0 saturated carbocycles. The molecule has 0 aliphatic carbocycles. The summed E-state index contributed by atoms with van der Waals surface area (Å²) >= 11 is 0. The SMILES string of the molecule is NCCC[C@H](N)C(=O)N[C@H](CCc1ccccc1)C(=O)Cc1cc2ccccc2[nH]c1=O. The van der Waals surface area contributed by atoms with Gasteiger partial charge in [0.05, 0.1) is 12.1 Å². The summed E-state index contributed by atoms with van der Waals surface area (Å²) in [5, 5.41) is 3.66. The molecule has 0 unspecified atom stereocenters. The molecule has 7 nitrogen and oxygen atoms in total. The number of pyridine rings is 1. The zero-order valence-electron chi connectivity index (χ0n) is 18.1. The van der Waals surface area contributed by atoms with Gasteiger partial charge in [-0.15, -0.1) is 0 Å². The minimum absolute atomic E-state index is 0.0715. The van der Waals surface area contributed by atoms with Crippen molar-refractivity contribution in [1.29, 1.82) is 0 Å². The lowest BCUT2D eigenvalue weighted by atomic mass is 9.97. The first-order valence-corrected chi connectivity index (χ1v) is 10.9. The highest BCUT2D eigenvalue weighted by molar-refractivity contribution is 5.92. The number of carbonyl (C=O) groups is 2. The summed E-state index contributed by atoms with van der Waals surface area (Å²) in [5.41, 5.74) is 13.3. The van der Waals surface area contributed by atoms with Crippen LogP contribution in [0.3, 0.4) is 0 Å². The van der Waals surface area contributed by atoms with Gasteiger partial charge >= 0.3 is 0 Å². The van der Waals surface area contributed by atoms with E-state index >= 15 is 0 Å². The lowest BCUT2D eigenvalue weighted by molar-refractivity contribution is -0.128. The molecule has 1 heterocycles. The highest BCUT2D eigenvalue weighted by Crippen LogP contribution is 2.13. The number of aryl methyl sites for hydroxylation is 1. The van der Waals surface area contributed by atoms with Gasteiger partial charge in [0.25, 0.3) is 5.56 Å². The highest BCUT2D eigenvalue weighted by Gasteiger charge is 2.24. The van der Waals surface area contributed by atoms with Gasteiger partial charge in [0.2, 0.25) is 5.91 Å². The first-order valence-electron chi connectivity index (χ1n) is 10.9. The maximum atomic E-state index is 13.2. The van der Waals surface area contributed by atoms with Gasteiger partial charge < -0.3 is 21.8 Å². The average Bonchev–Trinajstić information content (AvgIpc) is 2.81. The van der Waals surface area contributed by atoms with Crippen LogP contribution in [0.4, 0.5) is 0 Å². The van der Waals surface area contributed by atoms with Crippen molar-refractivity contribution in [3.8, 4) is 0 Å². The van der Waals surface area contributed by atoms with E-state index in [1.807, 2.05) is 54.6 Å². The van der Waals surface area contributed by atoms with Crippen molar-refractivity contribution in [2.24, 2.45) is 11.5 Å². The first kappa shape index (κ1) is 23.4. The minimum atomic E-state index is -0.738. The third-order valence-corrected chi connectivity index (χ3v) is 5.52. The molecule has 0 spiro atoms. The molecular weight excluding hydrogens is 404 g/mol. The number of fused-ring (bicyclic) bond motifs is 1. The van der Waals surface area contributed by atoms with E-state index < -0.39 is 12.1 Å². The summed E-state index contributed by atoms with van der Waals surface area (Å²) in [6.45, 7) is 0.447. The van der Waals surface area contributed by atoms with E-state index in [9.17, 15) is 14.4 Å². The molecule has 1 aromatic heterocycles. The van der Waals surface area contributed by atoms with E-state index in [4.69, 9.17) is 11.5 Å². The second-order valence-corrected chi connectivity index (χ2v) is 7.98. The molecule has 168 valence electrons. The number of nitrogens with one attached hydrogen (secondary N) is 2. The number of para-hydroxylation sites is 1. The number of carbonyl (C=O) groups excluding carboxylic acids is 2. The van der Waals surface area contributed by atoms with Crippen LogP contribution in [-0.2, 0) is 22.4 Å². The Morgan fingerprint density at radius 3 is 2.47 bits per heavy atom. The number of nitrogens with two attached hydrogens (primary N) is 2. The molecule has 1 amide bonds. The number of Topliss-reactive ketones (excluding diaryl/α,β-unsaturated/α-hetero) is 1. The van der Waals surface area contributed by atoms with Crippen LogP contribution in [-0.4, -0.2) is 35.3 Å². The van der Waals surface area contributed by atoms with Crippen LogP contribution in [0.2, 0.25) is 0 Å². The lowest BCUT2D eigenvalue weighted by Gasteiger charge is -2.20. The lowest BCUT2D eigenvalue weighted by Crippen LogP contribution is -2.49. The molecule has 0 saturated heterocycles. The Kier molecular flexibility index (Phi) is 8.30. The molecule has 0 aliphatic heterocycles. The second kappa shape index (κ2) is 11.4. The van der Waals surface area contributed by atoms with Crippen LogP contribution in [0, 0.1) is 0 Å². The summed E-state index contributed by atoms with van der Waals surface area (Å²) in [6, 6.07) is 17.4. The van der Waals surface area contributed by atoms with Gasteiger partial charge in [0, 0.05) is 17.5 Å². The van der Waals surface area contributed by atoms with Crippen molar-refractivity contribution in [1.82, 2.24) is 10.3 Å². The van der Waals surface area contributed by atoms with Crippen molar-refractivity contribution in [3.05, 3.63) is 82.1 Å². The summed E-state index contributed by atoms with van der Waals surface area (Å²) in [4.78, 5) is 41.0. The van der Waals surface area contributed by atoms with E-state index in [0.29, 0.717) is 43.3 Å². The Morgan fingerprint density at radius 2 is 1.72 bits per heavy atom. The topological polar surface area (TPSA) is 131 Å². The van der Waals surface area contributed by atoms with Crippen molar-refractivity contribution < 1.29 is 9.59 Å². The Labute approximate surface area is 187 Å². The fourth-order valence-corrected chi connectivity index (χ4v) is 3.65. The fraction of sp³-hybridized carbons (Fsp3) is 0.320. The third kappa shape index (κ3) is 6.35. The Morgan fingerprint density at radius 1 is 1.00 bits per heavy atom. The van der Waals surface area contributed by atoms with Gasteiger partial charge in [-0.05, 0) is 55.3 Å². The van der Waals surface area contributed by atoms with E-state index in [2.05, 4.69) is 10.3 Å². The number of rotatable bonds is 11. The quantitative estimate of drug-likeness (QED) is 0.366. The van der Waals surface area contributed by atoms with Gasteiger partial charge in [0.15, 0.2) is 5.78 Å². The standard InChI is InChI=1S/C25H30N4O3/c26-14-6-10-20(27)25(32)29-22(13-12-17-7-2-1-3-8-17)23(30)16-19-15-18-9-4-5-11-21(18)28-24(19)31/h1-5,7-9,11,15,20,22H,6,10,12-14,16,26-27H2,(H,28,31)(H,29,32)/t20-,22+/m0/s1. The Bertz CT molecular complexity index is 1110. The summed E-state index contributed by atoms with van der Waals surface area (Å²) < 4.78 is 0. The number of amides is 1. The molecule has 0 bridgehead atoms. The zero-order chi connectivity index (χ0) is 22.9. The second-order valence-electron chi connectivity index (χ2n) is 7.98. The van der Waals surface area contributed by atoms with Gasteiger partial charge in [-0.3, -0.25) is 14.4 Å². The molecule has 3 aromatic rings. The number of benzene rings is 2. The summed E-state index contributed by atoms with van der Waals surface area (Å²) in [7, 11) is 0. The Hall–Kier alpha value is -3.29. The van der Waals surface area contributed by atoms with Crippen molar-refractivity contribution in [2.45, 2.75) is 44.2 Å². The predicted octanol–water partition coefficient (Wildman–Crippen LogP) is 1.82. The molecular formula is C25H30N4O3. The van der Waals surface area contributed by atoms with Gasteiger partial charge in [-0.25, -0.2) is 0 Å². The van der Waals surface area contributed by atoms with Crippen molar-refractivity contribution >= 4 is 22.6 Å². The largest absolute Gasteiger partial charge is 0.345 e. The van der Waals surface area contributed by atoms with E-state index in [1.54, 1.807) is 6.07 Å². The molecule has 2 atom stereocenters. The molecule has 3 rings (SSSR count). The van der Waals surface area contributed by atoms with Crippen LogP contribution < -0.4 is 22.3 Å². The molecule has 32 heavy (non-hydrogen) atoms.